The number of amides is 1. The lowest BCUT2D eigenvalue weighted by molar-refractivity contribution is -0.115. The van der Waals surface area contributed by atoms with E-state index in [0.29, 0.717) is 20.8 Å². The average molecular weight is 298 g/mol. The number of hydrogen-bond donors (Lipinski definition) is 2. The van der Waals surface area contributed by atoms with Crippen LogP contribution in [0.4, 0.5) is 5.69 Å². The molecule has 0 bridgehead atoms. The number of thiocarbonyl (C=S) groups is 1. The van der Waals surface area contributed by atoms with Gasteiger partial charge in [0.05, 0.1) is 32.2 Å². The Morgan fingerprint density at radius 2 is 1.81 bits per heavy atom. The van der Waals surface area contributed by atoms with Crippen molar-refractivity contribution in [2.75, 3.05) is 5.32 Å². The summed E-state index contributed by atoms with van der Waals surface area (Å²) in [5.74, 6) is -0.354. The van der Waals surface area contributed by atoms with Crippen molar-refractivity contribution in [1.82, 2.24) is 0 Å². The van der Waals surface area contributed by atoms with E-state index in [4.69, 9.17) is 40.5 Å². The van der Waals surface area contributed by atoms with Gasteiger partial charge in [-0.05, 0) is 12.1 Å². The molecular weight excluding hydrogens is 291 g/mol. The van der Waals surface area contributed by atoms with Gasteiger partial charge in [0, 0.05) is 0 Å². The second-order valence-corrected chi connectivity index (χ2v) is 4.68. The molecule has 16 heavy (non-hydrogen) atoms. The third-order valence-corrected chi connectivity index (χ3v) is 2.80. The lowest BCUT2D eigenvalue weighted by Gasteiger charge is -2.08. The first-order valence-corrected chi connectivity index (χ1v) is 5.67. The number of hydrogen-bond acceptors (Lipinski definition) is 2. The molecule has 1 aromatic rings. The minimum atomic E-state index is -0.354. The number of halogens is 3. The number of nitrogens with two attached hydrogens (primary N) is 1. The van der Waals surface area contributed by atoms with Gasteiger partial charge in [-0.3, -0.25) is 4.79 Å². The van der Waals surface area contributed by atoms with Gasteiger partial charge in [0.15, 0.2) is 0 Å². The van der Waals surface area contributed by atoms with Crippen LogP contribution in [-0.4, -0.2) is 10.9 Å². The van der Waals surface area contributed by atoms with Crippen LogP contribution in [0.1, 0.15) is 6.42 Å². The van der Waals surface area contributed by atoms with E-state index < -0.39 is 0 Å². The molecule has 86 valence electrons. The molecule has 0 aliphatic heterocycles. The number of rotatable bonds is 3. The van der Waals surface area contributed by atoms with Crippen LogP contribution in [0, 0.1) is 0 Å². The minimum Gasteiger partial charge on any atom is -0.393 e. The molecule has 0 aliphatic rings. The maximum atomic E-state index is 11.4. The summed E-state index contributed by atoms with van der Waals surface area (Å²) in [6.45, 7) is 0. The van der Waals surface area contributed by atoms with Gasteiger partial charge in [-0.15, -0.1) is 0 Å². The van der Waals surface area contributed by atoms with Gasteiger partial charge in [0.25, 0.3) is 0 Å². The van der Waals surface area contributed by atoms with Crippen LogP contribution >= 0.6 is 47.0 Å². The Bertz CT molecular complexity index is 451. The molecule has 0 radical (unpaired) electrons. The summed E-state index contributed by atoms with van der Waals surface area (Å²) in [6, 6.07) is 2.91. The highest BCUT2D eigenvalue weighted by molar-refractivity contribution is 7.80. The van der Waals surface area contributed by atoms with Crippen LogP contribution in [0.3, 0.4) is 0 Å². The van der Waals surface area contributed by atoms with Gasteiger partial charge in [-0.2, -0.15) is 0 Å². The van der Waals surface area contributed by atoms with Crippen LogP contribution < -0.4 is 11.1 Å². The van der Waals surface area contributed by atoms with Crippen molar-refractivity contribution >= 4 is 63.6 Å². The molecule has 0 fully saturated rings. The Morgan fingerprint density at radius 1 is 1.25 bits per heavy atom. The molecule has 0 saturated heterocycles. The fourth-order valence-electron chi connectivity index (χ4n) is 0.971. The predicted molar refractivity (Wildman–Crippen MR) is 71.5 cm³/mol. The average Bonchev–Trinajstić information content (AvgIpc) is 2.12. The van der Waals surface area contributed by atoms with Crippen molar-refractivity contribution in [3.8, 4) is 0 Å². The second kappa shape index (κ2) is 5.68. The van der Waals surface area contributed by atoms with Crippen molar-refractivity contribution in [2.45, 2.75) is 6.42 Å². The molecule has 0 atom stereocenters. The Balaban J connectivity index is 2.85. The van der Waals surface area contributed by atoms with Crippen LogP contribution in [-0.2, 0) is 4.79 Å². The summed E-state index contributed by atoms with van der Waals surface area (Å²) >= 11 is 22.0. The molecule has 0 spiro atoms. The maximum absolute atomic E-state index is 11.4. The zero-order valence-corrected chi connectivity index (χ0v) is 11.0. The van der Waals surface area contributed by atoms with Crippen LogP contribution in [0.15, 0.2) is 12.1 Å². The summed E-state index contributed by atoms with van der Waals surface area (Å²) in [4.78, 5) is 11.5. The van der Waals surface area contributed by atoms with E-state index in [1.165, 1.54) is 12.1 Å². The van der Waals surface area contributed by atoms with Gasteiger partial charge in [0.2, 0.25) is 5.91 Å². The van der Waals surface area contributed by atoms with Gasteiger partial charge in [-0.25, -0.2) is 0 Å². The van der Waals surface area contributed by atoms with Crippen molar-refractivity contribution < 1.29 is 4.79 Å². The Morgan fingerprint density at radius 3 is 2.38 bits per heavy atom. The van der Waals surface area contributed by atoms with E-state index in [-0.39, 0.29) is 17.3 Å². The van der Waals surface area contributed by atoms with E-state index in [2.05, 4.69) is 17.5 Å². The van der Waals surface area contributed by atoms with Crippen LogP contribution in [0.2, 0.25) is 15.1 Å². The van der Waals surface area contributed by atoms with Crippen LogP contribution in [0.5, 0.6) is 0 Å². The molecule has 0 unspecified atom stereocenters. The number of carbonyl (C=O) groups excluding carboxylic acids is 1. The molecule has 0 heterocycles. The lowest BCUT2D eigenvalue weighted by Crippen LogP contribution is -2.20. The highest BCUT2D eigenvalue weighted by Crippen LogP contribution is 2.32. The fraction of sp³-hybridized carbons (Fsp3) is 0.111. The number of benzene rings is 1. The minimum absolute atomic E-state index is 0.0497. The smallest absolute Gasteiger partial charge is 0.231 e. The zero-order chi connectivity index (χ0) is 12.3. The van der Waals surface area contributed by atoms with Gasteiger partial charge < -0.3 is 11.1 Å². The molecule has 1 rings (SSSR count). The molecule has 3 nitrogen and oxygen atoms in total. The summed E-state index contributed by atoms with van der Waals surface area (Å²) in [7, 11) is 0. The molecule has 1 aromatic carbocycles. The normalized spacial score (nSPS) is 9.94. The van der Waals surface area contributed by atoms with E-state index >= 15 is 0 Å². The van der Waals surface area contributed by atoms with Crippen LogP contribution in [0.25, 0.3) is 0 Å². The Kier molecular flexibility index (Phi) is 4.80. The molecule has 0 aliphatic carbocycles. The second-order valence-electron chi connectivity index (χ2n) is 2.94. The van der Waals surface area contributed by atoms with E-state index in [0.717, 1.165) is 0 Å². The highest BCUT2D eigenvalue weighted by Gasteiger charge is 2.09. The fourth-order valence-corrected chi connectivity index (χ4v) is 1.70. The molecular formula is C9H7Cl3N2OS. The standard InChI is InChI=1S/C9H7Cl3N2OS/c10-4-1-6(12)7(2-5(4)11)14-9(15)3-8(13)16/h1-2H,3H2,(H2,13,16)(H,14,15). The first-order chi connectivity index (χ1) is 7.40. The Labute approximate surface area is 113 Å². The number of nitrogens with one attached hydrogen (secondary N) is 1. The van der Waals surface area contributed by atoms with Gasteiger partial charge >= 0.3 is 0 Å². The molecule has 0 saturated carbocycles. The molecule has 0 aromatic heterocycles. The van der Waals surface area contributed by atoms with Gasteiger partial charge in [0.1, 0.15) is 0 Å². The van der Waals surface area contributed by atoms with Crippen molar-refractivity contribution in [3.05, 3.63) is 27.2 Å². The van der Waals surface area contributed by atoms with E-state index in [1.807, 2.05) is 0 Å². The first-order valence-electron chi connectivity index (χ1n) is 4.13. The Hall–Kier alpha value is -0.550. The first kappa shape index (κ1) is 13.5. The lowest BCUT2D eigenvalue weighted by atomic mass is 10.3. The van der Waals surface area contributed by atoms with E-state index in [9.17, 15) is 4.79 Å². The molecule has 1 amide bonds. The SMILES string of the molecule is NC(=S)CC(=O)Nc1cc(Cl)c(Cl)cc1Cl. The highest BCUT2D eigenvalue weighted by atomic mass is 35.5. The third kappa shape index (κ3) is 3.79. The monoisotopic (exact) mass is 296 g/mol. The van der Waals surface area contributed by atoms with Crippen molar-refractivity contribution in [2.24, 2.45) is 5.73 Å². The largest absolute Gasteiger partial charge is 0.393 e. The predicted octanol–water partition coefficient (Wildman–Crippen LogP) is 3.26. The third-order valence-electron chi connectivity index (χ3n) is 1.62. The summed E-state index contributed by atoms with van der Waals surface area (Å²) in [5, 5.41) is 3.45. The summed E-state index contributed by atoms with van der Waals surface area (Å²) < 4.78 is 0. The van der Waals surface area contributed by atoms with Gasteiger partial charge in [-0.1, -0.05) is 47.0 Å². The topological polar surface area (TPSA) is 55.1 Å². The summed E-state index contributed by atoms with van der Waals surface area (Å²) in [6.07, 6.45) is -0.0497. The number of anilines is 1. The van der Waals surface area contributed by atoms with Crippen molar-refractivity contribution in [1.29, 1.82) is 0 Å². The molecule has 7 heteroatoms. The summed E-state index contributed by atoms with van der Waals surface area (Å²) in [5.41, 5.74) is 5.60. The maximum Gasteiger partial charge on any atom is 0.231 e. The quantitative estimate of drug-likeness (QED) is 0.665. The molecule has 3 N–H and O–H groups in total. The van der Waals surface area contributed by atoms with Crippen molar-refractivity contribution in [3.63, 3.8) is 0 Å². The van der Waals surface area contributed by atoms with E-state index in [1.54, 1.807) is 0 Å². The zero-order valence-electron chi connectivity index (χ0n) is 7.89. The number of carbonyl (C=O) groups is 1.